The quantitative estimate of drug-likeness (QED) is 0.677. The molecule has 5 heteroatoms. The SMILES string of the molecule is CCc1ccc(C(=O)Cc2cn3ccsc3n2)o1. The largest absolute Gasteiger partial charge is 0.458 e. The lowest BCUT2D eigenvalue weighted by atomic mass is 10.2. The van der Waals surface area contributed by atoms with Gasteiger partial charge < -0.3 is 4.42 Å². The number of carbonyl (C=O) groups excluding carboxylic acids is 1. The van der Waals surface area contributed by atoms with Crippen LogP contribution in [0.5, 0.6) is 0 Å². The molecule has 3 aromatic rings. The smallest absolute Gasteiger partial charge is 0.203 e. The van der Waals surface area contributed by atoms with Crippen LogP contribution in [0.25, 0.3) is 4.96 Å². The predicted octanol–water partition coefficient (Wildman–Crippen LogP) is 2.98. The molecular formula is C13H12N2O2S. The third-order valence-electron chi connectivity index (χ3n) is 2.77. The molecule has 0 saturated carbocycles. The Morgan fingerprint density at radius 3 is 3.11 bits per heavy atom. The Balaban J connectivity index is 1.79. The summed E-state index contributed by atoms with van der Waals surface area (Å²) in [6, 6.07) is 3.58. The molecule has 0 saturated heterocycles. The second-order valence-corrected chi connectivity index (χ2v) is 4.92. The van der Waals surface area contributed by atoms with Crippen LogP contribution >= 0.6 is 11.3 Å². The zero-order valence-corrected chi connectivity index (χ0v) is 10.7. The maximum atomic E-state index is 12.0. The summed E-state index contributed by atoms with van der Waals surface area (Å²) in [5.41, 5.74) is 0.779. The van der Waals surface area contributed by atoms with Crippen molar-refractivity contribution in [1.82, 2.24) is 9.38 Å². The van der Waals surface area contributed by atoms with E-state index >= 15 is 0 Å². The summed E-state index contributed by atoms with van der Waals surface area (Å²) in [6.07, 6.45) is 4.90. The highest BCUT2D eigenvalue weighted by molar-refractivity contribution is 7.15. The lowest BCUT2D eigenvalue weighted by Crippen LogP contribution is -2.02. The Kier molecular flexibility index (Phi) is 2.76. The maximum Gasteiger partial charge on any atom is 0.203 e. The molecule has 3 aromatic heterocycles. The summed E-state index contributed by atoms with van der Waals surface area (Å²) in [6.45, 7) is 2.00. The van der Waals surface area contributed by atoms with E-state index in [1.54, 1.807) is 17.4 Å². The number of carbonyl (C=O) groups is 1. The van der Waals surface area contributed by atoms with E-state index in [4.69, 9.17) is 4.42 Å². The molecule has 0 amide bonds. The normalized spacial score (nSPS) is 11.2. The number of aromatic nitrogens is 2. The van der Waals surface area contributed by atoms with Crippen LogP contribution in [0, 0.1) is 0 Å². The highest BCUT2D eigenvalue weighted by atomic mass is 32.1. The molecule has 0 spiro atoms. The van der Waals surface area contributed by atoms with Gasteiger partial charge in [-0.3, -0.25) is 9.20 Å². The van der Waals surface area contributed by atoms with E-state index in [0.29, 0.717) is 5.76 Å². The van der Waals surface area contributed by atoms with E-state index in [1.165, 1.54) is 0 Å². The van der Waals surface area contributed by atoms with Gasteiger partial charge in [0.2, 0.25) is 5.78 Å². The summed E-state index contributed by atoms with van der Waals surface area (Å²) in [5.74, 6) is 1.23. The Labute approximate surface area is 108 Å². The van der Waals surface area contributed by atoms with Gasteiger partial charge in [0.05, 0.1) is 12.1 Å². The van der Waals surface area contributed by atoms with E-state index < -0.39 is 0 Å². The minimum atomic E-state index is -0.0274. The Bertz CT molecular complexity index is 664. The first-order valence-corrected chi connectivity index (χ1v) is 6.67. The molecular weight excluding hydrogens is 248 g/mol. The first-order valence-electron chi connectivity index (χ1n) is 5.79. The van der Waals surface area contributed by atoms with Gasteiger partial charge in [-0.1, -0.05) is 6.92 Å². The van der Waals surface area contributed by atoms with Crippen molar-refractivity contribution in [3.05, 3.63) is 47.1 Å². The number of nitrogens with zero attached hydrogens (tertiary/aromatic N) is 2. The molecule has 3 rings (SSSR count). The van der Waals surface area contributed by atoms with E-state index in [0.717, 1.165) is 22.8 Å². The highest BCUT2D eigenvalue weighted by Gasteiger charge is 2.13. The fourth-order valence-corrected chi connectivity index (χ4v) is 2.55. The second-order valence-electron chi connectivity index (χ2n) is 4.04. The number of furan rings is 1. The third-order valence-corrected chi connectivity index (χ3v) is 3.54. The van der Waals surface area contributed by atoms with Gasteiger partial charge >= 0.3 is 0 Å². The molecule has 0 aliphatic rings. The number of imidazole rings is 1. The van der Waals surface area contributed by atoms with Crippen LogP contribution in [-0.2, 0) is 12.8 Å². The molecule has 18 heavy (non-hydrogen) atoms. The average molecular weight is 260 g/mol. The van der Waals surface area contributed by atoms with E-state index in [2.05, 4.69) is 4.98 Å². The van der Waals surface area contributed by atoms with Crippen molar-refractivity contribution in [1.29, 1.82) is 0 Å². The first kappa shape index (κ1) is 11.2. The predicted molar refractivity (Wildman–Crippen MR) is 69.2 cm³/mol. The lowest BCUT2D eigenvalue weighted by Gasteiger charge is -1.94. The molecule has 0 bridgehead atoms. The second kappa shape index (κ2) is 4.42. The number of fused-ring (bicyclic) bond motifs is 1. The molecule has 0 unspecified atom stereocenters. The van der Waals surface area contributed by atoms with Gasteiger partial charge in [-0.2, -0.15) is 0 Å². The van der Waals surface area contributed by atoms with E-state index in [1.807, 2.05) is 35.2 Å². The van der Waals surface area contributed by atoms with Crippen LogP contribution in [0.4, 0.5) is 0 Å². The van der Waals surface area contributed by atoms with Gasteiger partial charge in [0, 0.05) is 24.2 Å². The van der Waals surface area contributed by atoms with Crippen LogP contribution < -0.4 is 0 Å². The van der Waals surface area contributed by atoms with Crippen LogP contribution in [0.3, 0.4) is 0 Å². The number of aryl methyl sites for hydroxylation is 1. The topological polar surface area (TPSA) is 47.5 Å². The van der Waals surface area contributed by atoms with Crippen LogP contribution in [0.15, 0.2) is 34.3 Å². The molecule has 0 fully saturated rings. The van der Waals surface area contributed by atoms with Crippen molar-refractivity contribution in [2.75, 3.05) is 0 Å². The molecule has 0 aromatic carbocycles. The molecule has 4 nitrogen and oxygen atoms in total. The lowest BCUT2D eigenvalue weighted by molar-refractivity contribution is 0.0964. The zero-order valence-electron chi connectivity index (χ0n) is 9.92. The fourth-order valence-electron chi connectivity index (χ4n) is 1.83. The number of Topliss-reactive ketones (excluding diaryl/α,β-unsaturated/α-hetero) is 1. The molecule has 0 radical (unpaired) electrons. The fraction of sp³-hybridized carbons (Fsp3) is 0.231. The molecule has 0 atom stereocenters. The van der Waals surface area contributed by atoms with Gasteiger partial charge in [-0.15, -0.1) is 11.3 Å². The van der Waals surface area contributed by atoms with Gasteiger partial charge in [0.15, 0.2) is 10.7 Å². The number of ketones is 1. The van der Waals surface area contributed by atoms with Crippen molar-refractivity contribution >= 4 is 22.1 Å². The van der Waals surface area contributed by atoms with Crippen molar-refractivity contribution in [3.8, 4) is 0 Å². The van der Waals surface area contributed by atoms with Gasteiger partial charge in [-0.25, -0.2) is 4.98 Å². The maximum absolute atomic E-state index is 12.0. The third kappa shape index (κ3) is 1.97. The van der Waals surface area contributed by atoms with E-state index in [9.17, 15) is 4.79 Å². The molecule has 0 N–H and O–H groups in total. The zero-order chi connectivity index (χ0) is 12.5. The van der Waals surface area contributed by atoms with E-state index in [-0.39, 0.29) is 12.2 Å². The standard InChI is InChI=1S/C13H12N2O2S/c1-2-10-3-4-12(17-10)11(16)7-9-8-15-5-6-18-13(15)14-9/h3-6,8H,2,7H2,1H3. The number of hydrogen-bond donors (Lipinski definition) is 0. The van der Waals surface area contributed by atoms with Crippen LogP contribution in [0.1, 0.15) is 28.9 Å². The summed E-state index contributed by atoms with van der Waals surface area (Å²) in [7, 11) is 0. The van der Waals surface area contributed by atoms with Crippen molar-refractivity contribution in [2.24, 2.45) is 0 Å². The Morgan fingerprint density at radius 1 is 1.50 bits per heavy atom. The first-order chi connectivity index (χ1) is 8.76. The van der Waals surface area contributed by atoms with Crippen molar-refractivity contribution in [3.63, 3.8) is 0 Å². The monoisotopic (exact) mass is 260 g/mol. The number of hydrogen-bond acceptors (Lipinski definition) is 4. The molecule has 0 aliphatic heterocycles. The Hall–Kier alpha value is -1.88. The van der Waals surface area contributed by atoms with Gasteiger partial charge in [0.1, 0.15) is 5.76 Å². The molecule has 3 heterocycles. The van der Waals surface area contributed by atoms with Gasteiger partial charge in [-0.05, 0) is 12.1 Å². The highest BCUT2D eigenvalue weighted by Crippen LogP contribution is 2.15. The summed E-state index contributed by atoms with van der Waals surface area (Å²) < 4.78 is 7.36. The van der Waals surface area contributed by atoms with Crippen molar-refractivity contribution < 1.29 is 9.21 Å². The number of thiazole rings is 1. The van der Waals surface area contributed by atoms with Crippen molar-refractivity contribution in [2.45, 2.75) is 19.8 Å². The number of rotatable bonds is 4. The molecule has 92 valence electrons. The minimum Gasteiger partial charge on any atom is -0.458 e. The van der Waals surface area contributed by atoms with Gasteiger partial charge in [0.25, 0.3) is 0 Å². The summed E-state index contributed by atoms with van der Waals surface area (Å²) in [5, 5.41) is 1.97. The Morgan fingerprint density at radius 2 is 2.39 bits per heavy atom. The van der Waals surface area contributed by atoms with Crippen LogP contribution in [0.2, 0.25) is 0 Å². The minimum absolute atomic E-state index is 0.0274. The molecule has 0 aliphatic carbocycles. The summed E-state index contributed by atoms with van der Waals surface area (Å²) in [4.78, 5) is 17.3. The summed E-state index contributed by atoms with van der Waals surface area (Å²) >= 11 is 1.56. The average Bonchev–Trinajstić information content (AvgIpc) is 3.02. The van der Waals surface area contributed by atoms with Crippen LogP contribution in [-0.4, -0.2) is 15.2 Å².